The maximum atomic E-state index is 12.7. The fourth-order valence-corrected chi connectivity index (χ4v) is 2.91. The van der Waals surface area contributed by atoms with Gasteiger partial charge in [-0.25, -0.2) is 4.79 Å². The normalized spacial score (nSPS) is 10.4. The summed E-state index contributed by atoms with van der Waals surface area (Å²) in [7, 11) is 0. The van der Waals surface area contributed by atoms with Gasteiger partial charge in [0.25, 0.3) is 11.5 Å². The summed E-state index contributed by atoms with van der Waals surface area (Å²) in [6.07, 6.45) is 1.42. The molecule has 0 fully saturated rings. The van der Waals surface area contributed by atoms with Crippen molar-refractivity contribution in [3.05, 3.63) is 98.8 Å². The van der Waals surface area contributed by atoms with E-state index in [2.05, 4.69) is 10.6 Å². The molecular weight excluding hydrogens is 384 g/mol. The first-order valence-electron chi connectivity index (χ1n) is 9.50. The average molecular weight is 406 g/mol. The van der Waals surface area contributed by atoms with E-state index in [-0.39, 0.29) is 5.91 Å². The molecule has 0 saturated heterocycles. The van der Waals surface area contributed by atoms with Crippen LogP contribution in [0.15, 0.2) is 76.4 Å². The lowest BCUT2D eigenvalue weighted by molar-refractivity contribution is -0.116. The van der Waals surface area contributed by atoms with E-state index in [9.17, 15) is 19.2 Å². The number of aromatic nitrogens is 2. The highest BCUT2D eigenvalue weighted by Crippen LogP contribution is 2.09. The summed E-state index contributed by atoms with van der Waals surface area (Å²) in [6.45, 7) is 2.23. The van der Waals surface area contributed by atoms with Gasteiger partial charge in [-0.2, -0.15) is 0 Å². The van der Waals surface area contributed by atoms with Crippen molar-refractivity contribution < 1.29 is 9.59 Å². The van der Waals surface area contributed by atoms with Crippen LogP contribution in [0.25, 0.3) is 0 Å². The van der Waals surface area contributed by atoms with Crippen LogP contribution in [0, 0.1) is 0 Å². The molecule has 0 aliphatic heterocycles. The van der Waals surface area contributed by atoms with Crippen molar-refractivity contribution in [2.45, 2.75) is 20.0 Å². The molecule has 30 heavy (non-hydrogen) atoms. The van der Waals surface area contributed by atoms with E-state index in [0.29, 0.717) is 24.3 Å². The van der Waals surface area contributed by atoms with E-state index in [0.717, 1.165) is 10.1 Å². The van der Waals surface area contributed by atoms with Gasteiger partial charge in [-0.15, -0.1) is 0 Å². The second-order valence-corrected chi connectivity index (χ2v) is 6.62. The van der Waals surface area contributed by atoms with Crippen LogP contribution in [0.5, 0.6) is 0 Å². The standard InChI is InChI=1S/C22H22N4O4/c1-2-23-21(29)17-8-10-18(11-9-17)24-19(27)15-26-20(28)12-13-25(22(26)30)14-16-6-4-3-5-7-16/h3-13H,2,14-15H2,1H3,(H,23,29)(H,24,27). The molecule has 0 spiro atoms. The highest BCUT2D eigenvalue weighted by Gasteiger charge is 2.11. The topological polar surface area (TPSA) is 102 Å². The first-order valence-corrected chi connectivity index (χ1v) is 9.50. The minimum absolute atomic E-state index is 0.204. The second-order valence-electron chi connectivity index (χ2n) is 6.62. The van der Waals surface area contributed by atoms with E-state index < -0.39 is 23.7 Å². The van der Waals surface area contributed by atoms with E-state index >= 15 is 0 Å². The maximum absolute atomic E-state index is 12.7. The lowest BCUT2D eigenvalue weighted by Crippen LogP contribution is -2.41. The molecule has 0 atom stereocenters. The first-order chi connectivity index (χ1) is 14.5. The zero-order chi connectivity index (χ0) is 21.5. The molecule has 3 aromatic rings. The van der Waals surface area contributed by atoms with Gasteiger partial charge in [0.2, 0.25) is 5.91 Å². The number of hydrogen-bond acceptors (Lipinski definition) is 4. The van der Waals surface area contributed by atoms with Gasteiger partial charge < -0.3 is 10.6 Å². The molecule has 0 bridgehead atoms. The van der Waals surface area contributed by atoms with Crippen LogP contribution in [0.4, 0.5) is 5.69 Å². The Balaban J connectivity index is 1.72. The van der Waals surface area contributed by atoms with Gasteiger partial charge in [0.05, 0.1) is 6.54 Å². The molecule has 2 amide bonds. The van der Waals surface area contributed by atoms with E-state index in [1.807, 2.05) is 37.3 Å². The predicted molar refractivity (Wildman–Crippen MR) is 114 cm³/mol. The maximum Gasteiger partial charge on any atom is 0.331 e. The van der Waals surface area contributed by atoms with Crippen LogP contribution in [0.1, 0.15) is 22.8 Å². The number of amides is 2. The molecule has 0 aliphatic carbocycles. The van der Waals surface area contributed by atoms with Crippen LogP contribution in [-0.4, -0.2) is 27.5 Å². The lowest BCUT2D eigenvalue weighted by atomic mass is 10.2. The molecule has 0 aliphatic rings. The number of nitrogens with one attached hydrogen (secondary N) is 2. The van der Waals surface area contributed by atoms with Crippen molar-refractivity contribution in [1.82, 2.24) is 14.5 Å². The van der Waals surface area contributed by atoms with Gasteiger partial charge in [0, 0.05) is 30.1 Å². The smallest absolute Gasteiger partial charge is 0.331 e. The summed E-state index contributed by atoms with van der Waals surface area (Å²) in [6, 6.07) is 17.0. The minimum Gasteiger partial charge on any atom is -0.352 e. The van der Waals surface area contributed by atoms with Crippen LogP contribution in [-0.2, 0) is 17.9 Å². The van der Waals surface area contributed by atoms with Crippen molar-refractivity contribution in [3.63, 3.8) is 0 Å². The Morgan fingerprint density at radius 1 is 0.933 bits per heavy atom. The van der Waals surface area contributed by atoms with Gasteiger partial charge >= 0.3 is 5.69 Å². The Bertz CT molecular complexity index is 1150. The lowest BCUT2D eigenvalue weighted by Gasteiger charge is -2.11. The molecule has 8 heteroatoms. The van der Waals surface area contributed by atoms with Crippen molar-refractivity contribution in [3.8, 4) is 0 Å². The third-order valence-electron chi connectivity index (χ3n) is 4.41. The summed E-state index contributed by atoms with van der Waals surface area (Å²) in [5.74, 6) is -0.720. The largest absolute Gasteiger partial charge is 0.352 e. The SMILES string of the molecule is CCNC(=O)c1ccc(NC(=O)Cn2c(=O)ccn(Cc3ccccc3)c2=O)cc1. The van der Waals surface area contributed by atoms with Crippen LogP contribution < -0.4 is 21.9 Å². The zero-order valence-electron chi connectivity index (χ0n) is 16.5. The third kappa shape index (κ3) is 5.11. The Labute approximate surface area is 172 Å². The van der Waals surface area contributed by atoms with Gasteiger partial charge in [-0.1, -0.05) is 30.3 Å². The van der Waals surface area contributed by atoms with Crippen molar-refractivity contribution in [2.24, 2.45) is 0 Å². The predicted octanol–water partition coefficient (Wildman–Crippen LogP) is 1.45. The summed E-state index contributed by atoms with van der Waals surface area (Å²) in [4.78, 5) is 49.0. The molecular formula is C22H22N4O4. The monoisotopic (exact) mass is 406 g/mol. The highest BCUT2D eigenvalue weighted by atomic mass is 16.2. The Morgan fingerprint density at radius 3 is 2.30 bits per heavy atom. The van der Waals surface area contributed by atoms with Crippen molar-refractivity contribution in [1.29, 1.82) is 0 Å². The average Bonchev–Trinajstić information content (AvgIpc) is 2.74. The number of carbonyl (C=O) groups is 2. The second kappa shape index (κ2) is 9.51. The summed E-state index contributed by atoms with van der Waals surface area (Å²) < 4.78 is 2.27. The summed E-state index contributed by atoms with van der Waals surface area (Å²) in [5, 5.41) is 5.32. The fraction of sp³-hybridized carbons (Fsp3) is 0.182. The van der Waals surface area contributed by atoms with Crippen LogP contribution in [0.2, 0.25) is 0 Å². The number of hydrogen-bond donors (Lipinski definition) is 2. The highest BCUT2D eigenvalue weighted by molar-refractivity contribution is 5.95. The Kier molecular flexibility index (Phi) is 6.59. The van der Waals surface area contributed by atoms with Gasteiger partial charge in [-0.3, -0.25) is 23.5 Å². The Hall–Kier alpha value is -3.94. The minimum atomic E-state index is -0.562. The van der Waals surface area contributed by atoms with E-state index in [1.54, 1.807) is 24.3 Å². The third-order valence-corrected chi connectivity index (χ3v) is 4.41. The van der Waals surface area contributed by atoms with Gasteiger partial charge in [0.1, 0.15) is 6.54 Å². The molecule has 8 nitrogen and oxygen atoms in total. The number of rotatable bonds is 7. The van der Waals surface area contributed by atoms with Gasteiger partial charge in [-0.05, 0) is 36.8 Å². The molecule has 154 valence electrons. The molecule has 1 heterocycles. The number of anilines is 1. The quantitative estimate of drug-likeness (QED) is 0.620. The van der Waals surface area contributed by atoms with E-state index in [4.69, 9.17) is 0 Å². The number of carbonyl (C=O) groups excluding carboxylic acids is 2. The van der Waals surface area contributed by atoms with Crippen molar-refractivity contribution in [2.75, 3.05) is 11.9 Å². The molecule has 1 aromatic heterocycles. The van der Waals surface area contributed by atoms with Crippen molar-refractivity contribution >= 4 is 17.5 Å². The molecule has 3 rings (SSSR count). The van der Waals surface area contributed by atoms with Gasteiger partial charge in [0.15, 0.2) is 0 Å². The van der Waals surface area contributed by atoms with E-state index in [1.165, 1.54) is 16.8 Å². The molecule has 0 unspecified atom stereocenters. The molecule has 0 radical (unpaired) electrons. The number of nitrogens with zero attached hydrogens (tertiary/aromatic N) is 2. The molecule has 2 N–H and O–H groups in total. The first kappa shape index (κ1) is 20.8. The zero-order valence-corrected chi connectivity index (χ0v) is 16.5. The summed E-state index contributed by atoms with van der Waals surface area (Å²) >= 11 is 0. The number of benzene rings is 2. The Morgan fingerprint density at radius 2 is 1.63 bits per heavy atom. The molecule has 2 aromatic carbocycles. The van der Waals surface area contributed by atoms with Crippen LogP contribution in [0.3, 0.4) is 0 Å². The van der Waals surface area contributed by atoms with Crippen LogP contribution >= 0.6 is 0 Å². The fourth-order valence-electron chi connectivity index (χ4n) is 2.91. The summed E-state index contributed by atoms with van der Waals surface area (Å²) in [5.41, 5.74) is 0.722. The molecule has 0 saturated carbocycles.